The van der Waals surface area contributed by atoms with Gasteiger partial charge >= 0.3 is 6.36 Å². The molecule has 0 aromatic heterocycles. The number of guanidine groups is 1. The highest BCUT2D eigenvalue weighted by Crippen LogP contribution is 2.22. The molecule has 1 aliphatic rings. The van der Waals surface area contributed by atoms with Gasteiger partial charge in [0.2, 0.25) is 0 Å². The van der Waals surface area contributed by atoms with E-state index in [4.69, 9.17) is 9.47 Å². The number of rotatable bonds is 11. The van der Waals surface area contributed by atoms with Crippen molar-refractivity contribution in [2.75, 3.05) is 46.1 Å². The molecule has 2 rings (SSSR count). The van der Waals surface area contributed by atoms with Crippen molar-refractivity contribution in [3.8, 4) is 5.75 Å². The maximum atomic E-state index is 12.2. The fraction of sp³-hybridized carbons (Fsp3) is 0.667. The average molecular weight is 431 g/mol. The molecule has 0 atom stereocenters. The molecule has 0 amide bonds. The number of aliphatic imine (C=N–C) groups is 1. The summed E-state index contributed by atoms with van der Waals surface area (Å²) in [6, 6.07) is 5.90. The van der Waals surface area contributed by atoms with Crippen LogP contribution in [0.15, 0.2) is 29.3 Å². The minimum absolute atomic E-state index is 0.215. The Morgan fingerprint density at radius 1 is 1.17 bits per heavy atom. The Morgan fingerprint density at radius 2 is 1.90 bits per heavy atom. The molecule has 1 saturated heterocycles. The van der Waals surface area contributed by atoms with E-state index in [2.05, 4.69) is 20.4 Å². The zero-order valence-electron chi connectivity index (χ0n) is 17.5. The van der Waals surface area contributed by atoms with E-state index < -0.39 is 6.36 Å². The summed E-state index contributed by atoms with van der Waals surface area (Å²) >= 11 is 0. The van der Waals surface area contributed by atoms with Crippen LogP contribution in [0.2, 0.25) is 0 Å². The molecule has 1 aromatic carbocycles. The van der Waals surface area contributed by atoms with Gasteiger partial charge in [0, 0.05) is 46.1 Å². The number of nitrogens with zero attached hydrogens (tertiary/aromatic N) is 1. The van der Waals surface area contributed by atoms with E-state index in [0.29, 0.717) is 32.0 Å². The van der Waals surface area contributed by atoms with Crippen LogP contribution in [0.3, 0.4) is 0 Å². The Hall–Kier alpha value is -2.00. The van der Waals surface area contributed by atoms with Gasteiger partial charge in [0.1, 0.15) is 5.75 Å². The summed E-state index contributed by atoms with van der Waals surface area (Å²) in [7, 11) is 0. The monoisotopic (exact) mass is 431 g/mol. The molecule has 1 aliphatic heterocycles. The summed E-state index contributed by atoms with van der Waals surface area (Å²) in [6.45, 7) is 7.16. The number of alkyl halides is 3. The van der Waals surface area contributed by atoms with E-state index in [-0.39, 0.29) is 5.75 Å². The van der Waals surface area contributed by atoms with Crippen LogP contribution in [0.5, 0.6) is 5.75 Å². The smallest absolute Gasteiger partial charge is 0.406 e. The van der Waals surface area contributed by atoms with Crippen molar-refractivity contribution in [2.45, 2.75) is 39.0 Å². The van der Waals surface area contributed by atoms with Crippen LogP contribution in [0.4, 0.5) is 13.2 Å². The maximum Gasteiger partial charge on any atom is 0.573 e. The molecule has 0 saturated carbocycles. The van der Waals surface area contributed by atoms with Gasteiger partial charge in [-0.1, -0.05) is 12.1 Å². The molecule has 1 heterocycles. The molecule has 0 spiro atoms. The number of ether oxygens (including phenoxy) is 3. The summed E-state index contributed by atoms with van der Waals surface area (Å²) < 4.78 is 51.6. The van der Waals surface area contributed by atoms with Crippen molar-refractivity contribution in [3.05, 3.63) is 29.8 Å². The van der Waals surface area contributed by atoms with Gasteiger partial charge in [-0.3, -0.25) is 4.99 Å². The lowest BCUT2D eigenvalue weighted by Gasteiger charge is -2.21. The molecule has 2 N–H and O–H groups in total. The summed E-state index contributed by atoms with van der Waals surface area (Å²) in [5.41, 5.74) is 0.911. The topological polar surface area (TPSA) is 64.1 Å². The second-order valence-corrected chi connectivity index (χ2v) is 7.11. The van der Waals surface area contributed by atoms with Crippen molar-refractivity contribution >= 4 is 5.96 Å². The molecule has 9 heteroatoms. The van der Waals surface area contributed by atoms with E-state index in [1.165, 1.54) is 12.1 Å². The Bertz CT molecular complexity index is 618. The van der Waals surface area contributed by atoms with Gasteiger partial charge in [-0.25, -0.2) is 0 Å². The summed E-state index contributed by atoms with van der Waals surface area (Å²) in [6.07, 6.45) is -1.02. The molecule has 30 heavy (non-hydrogen) atoms. The molecule has 0 bridgehead atoms. The molecule has 6 nitrogen and oxygen atoms in total. The number of hydrogen-bond donors (Lipinski definition) is 2. The second kappa shape index (κ2) is 13.3. The predicted octanol–water partition coefficient (Wildman–Crippen LogP) is 3.52. The van der Waals surface area contributed by atoms with E-state index in [1.807, 2.05) is 6.92 Å². The first-order valence-electron chi connectivity index (χ1n) is 10.5. The summed E-state index contributed by atoms with van der Waals surface area (Å²) in [4.78, 5) is 4.53. The van der Waals surface area contributed by atoms with Gasteiger partial charge < -0.3 is 24.8 Å². The molecule has 0 radical (unpaired) electrons. The Balaban J connectivity index is 1.63. The van der Waals surface area contributed by atoms with Crippen molar-refractivity contribution in [1.29, 1.82) is 0 Å². The summed E-state index contributed by atoms with van der Waals surface area (Å²) in [5, 5.41) is 6.42. The lowest BCUT2D eigenvalue weighted by Crippen LogP contribution is -2.38. The van der Waals surface area contributed by atoms with Crippen LogP contribution < -0.4 is 15.4 Å². The van der Waals surface area contributed by atoms with Crippen molar-refractivity contribution in [1.82, 2.24) is 10.6 Å². The normalized spacial score (nSPS) is 15.8. The predicted molar refractivity (Wildman–Crippen MR) is 110 cm³/mol. The highest BCUT2D eigenvalue weighted by atomic mass is 19.4. The van der Waals surface area contributed by atoms with Crippen LogP contribution in [-0.2, 0) is 15.9 Å². The molecule has 0 unspecified atom stereocenters. The van der Waals surface area contributed by atoms with Gasteiger partial charge in [-0.05, 0) is 56.2 Å². The van der Waals surface area contributed by atoms with E-state index in [1.54, 1.807) is 12.1 Å². The third-order valence-corrected chi connectivity index (χ3v) is 4.62. The van der Waals surface area contributed by atoms with Crippen LogP contribution >= 0.6 is 0 Å². The number of nitrogens with one attached hydrogen (secondary N) is 2. The molecule has 1 fully saturated rings. The van der Waals surface area contributed by atoms with Crippen LogP contribution in [-0.4, -0.2) is 58.4 Å². The average Bonchev–Trinajstić information content (AvgIpc) is 2.71. The largest absolute Gasteiger partial charge is 0.573 e. The first kappa shape index (κ1) is 24.3. The Morgan fingerprint density at radius 3 is 2.57 bits per heavy atom. The molecular weight excluding hydrogens is 399 g/mol. The highest BCUT2D eigenvalue weighted by Gasteiger charge is 2.30. The van der Waals surface area contributed by atoms with Crippen molar-refractivity contribution in [2.24, 2.45) is 10.9 Å². The molecule has 1 aromatic rings. The molecular formula is C21H32F3N3O3. The number of benzene rings is 1. The Labute approximate surface area is 176 Å². The third kappa shape index (κ3) is 10.7. The number of halogens is 3. The zero-order valence-corrected chi connectivity index (χ0v) is 17.5. The Kier molecular flexibility index (Phi) is 10.8. The van der Waals surface area contributed by atoms with Crippen LogP contribution in [0, 0.1) is 5.92 Å². The van der Waals surface area contributed by atoms with E-state index in [9.17, 15) is 13.2 Å². The maximum absolute atomic E-state index is 12.2. The van der Waals surface area contributed by atoms with Gasteiger partial charge in [0.25, 0.3) is 0 Å². The molecule has 170 valence electrons. The fourth-order valence-electron chi connectivity index (χ4n) is 3.05. The minimum atomic E-state index is -4.67. The standard InChI is InChI=1S/C21H32F3N3O3/c1-2-25-20(26-11-3-13-29-16-18-9-14-28-15-10-18)27-12-8-17-4-6-19(7-5-17)30-21(22,23)24/h4-7,18H,2-3,8-16H2,1H3,(H2,25,26,27). The lowest BCUT2D eigenvalue weighted by molar-refractivity contribution is -0.274. The van der Waals surface area contributed by atoms with Crippen LogP contribution in [0.25, 0.3) is 0 Å². The van der Waals surface area contributed by atoms with E-state index in [0.717, 1.165) is 57.2 Å². The van der Waals surface area contributed by atoms with Crippen molar-refractivity contribution in [3.63, 3.8) is 0 Å². The van der Waals surface area contributed by atoms with Crippen molar-refractivity contribution < 1.29 is 27.4 Å². The van der Waals surface area contributed by atoms with Crippen LogP contribution in [0.1, 0.15) is 31.7 Å². The van der Waals surface area contributed by atoms with Gasteiger partial charge in [0.05, 0.1) is 0 Å². The first-order valence-corrected chi connectivity index (χ1v) is 10.5. The fourth-order valence-corrected chi connectivity index (χ4v) is 3.05. The lowest BCUT2D eigenvalue weighted by atomic mass is 10.0. The SMILES string of the molecule is CCNC(=NCCCOCC1CCOCC1)NCCc1ccc(OC(F)(F)F)cc1. The van der Waals surface area contributed by atoms with E-state index >= 15 is 0 Å². The first-order chi connectivity index (χ1) is 14.5. The highest BCUT2D eigenvalue weighted by molar-refractivity contribution is 5.79. The van der Waals surface area contributed by atoms with Gasteiger partial charge in [-0.15, -0.1) is 13.2 Å². The quantitative estimate of drug-likeness (QED) is 0.319. The summed E-state index contributed by atoms with van der Waals surface area (Å²) in [5.74, 6) is 1.11. The number of hydrogen-bond acceptors (Lipinski definition) is 4. The molecule has 0 aliphatic carbocycles. The third-order valence-electron chi connectivity index (χ3n) is 4.62. The van der Waals surface area contributed by atoms with Gasteiger partial charge in [0.15, 0.2) is 5.96 Å². The minimum Gasteiger partial charge on any atom is -0.406 e. The van der Waals surface area contributed by atoms with Gasteiger partial charge in [-0.2, -0.15) is 0 Å². The second-order valence-electron chi connectivity index (χ2n) is 7.11. The zero-order chi connectivity index (χ0) is 21.7.